The van der Waals surface area contributed by atoms with Crippen LogP contribution in [0.3, 0.4) is 0 Å². The molecule has 1 aromatic carbocycles. The van der Waals surface area contributed by atoms with Crippen LogP contribution < -0.4 is 10.3 Å². The molecule has 11 heteroatoms. The van der Waals surface area contributed by atoms with E-state index >= 15 is 0 Å². The van der Waals surface area contributed by atoms with E-state index in [4.69, 9.17) is 18.3 Å². The molecule has 0 fully saturated rings. The third kappa shape index (κ3) is 7.50. The first-order valence-corrected chi connectivity index (χ1v) is 12.1. The van der Waals surface area contributed by atoms with Crippen LogP contribution in [0.5, 0.6) is 5.75 Å². The first-order valence-electron chi connectivity index (χ1n) is 10.6. The molecular formula is C23H31FNO8P. The normalized spacial score (nSPS) is 12.6. The topological polar surface area (TPSA) is 113 Å². The summed E-state index contributed by atoms with van der Waals surface area (Å²) in [6.07, 6.45) is 1.33. The summed E-state index contributed by atoms with van der Waals surface area (Å²) in [5.41, 5.74) is -3.00. The van der Waals surface area contributed by atoms with Gasteiger partial charge in [0.15, 0.2) is 5.56 Å². The summed E-state index contributed by atoms with van der Waals surface area (Å²) in [5.74, 6) is -2.20. The SMILES string of the molecule is CCOc1ccn(-c2ccc(F)c(COP(=O)(OC(C)(C)C)OC(C)(C)C)c2)c(=O)c1C(=O)O. The monoisotopic (exact) mass is 499 g/mol. The van der Waals surface area contributed by atoms with Gasteiger partial charge >= 0.3 is 13.8 Å². The number of aromatic nitrogens is 1. The molecule has 34 heavy (non-hydrogen) atoms. The largest absolute Gasteiger partial charge is 0.493 e. The summed E-state index contributed by atoms with van der Waals surface area (Å²) in [6, 6.07) is 5.04. The highest BCUT2D eigenvalue weighted by Gasteiger charge is 2.37. The highest BCUT2D eigenvalue weighted by Crippen LogP contribution is 2.56. The van der Waals surface area contributed by atoms with Gasteiger partial charge in [-0.15, -0.1) is 0 Å². The zero-order valence-corrected chi connectivity index (χ0v) is 21.3. The van der Waals surface area contributed by atoms with Crippen LogP contribution in [-0.2, 0) is 24.7 Å². The Morgan fingerprint density at radius 1 is 1.09 bits per heavy atom. The van der Waals surface area contributed by atoms with Crippen molar-refractivity contribution in [3.63, 3.8) is 0 Å². The second-order valence-electron chi connectivity index (χ2n) is 9.37. The maximum atomic E-state index is 14.6. The number of pyridine rings is 1. The van der Waals surface area contributed by atoms with Crippen LogP contribution >= 0.6 is 7.82 Å². The van der Waals surface area contributed by atoms with E-state index in [0.29, 0.717) is 0 Å². The van der Waals surface area contributed by atoms with E-state index in [0.717, 1.165) is 10.6 Å². The molecule has 2 rings (SSSR count). The summed E-state index contributed by atoms with van der Waals surface area (Å²) in [4.78, 5) is 24.5. The number of benzene rings is 1. The average Bonchev–Trinajstić information content (AvgIpc) is 2.65. The number of hydrogen-bond acceptors (Lipinski definition) is 7. The zero-order chi connectivity index (χ0) is 25.9. The molecule has 0 unspecified atom stereocenters. The lowest BCUT2D eigenvalue weighted by Gasteiger charge is -2.31. The van der Waals surface area contributed by atoms with E-state index in [2.05, 4.69) is 0 Å². The first-order chi connectivity index (χ1) is 15.6. The molecule has 0 aliphatic carbocycles. The molecule has 0 aliphatic rings. The van der Waals surface area contributed by atoms with Crippen molar-refractivity contribution in [2.24, 2.45) is 0 Å². The van der Waals surface area contributed by atoms with Crippen LogP contribution in [0, 0.1) is 5.82 Å². The number of hydrogen-bond donors (Lipinski definition) is 1. The van der Waals surface area contributed by atoms with Gasteiger partial charge in [0.1, 0.15) is 11.6 Å². The Morgan fingerprint density at radius 2 is 1.68 bits per heavy atom. The number of nitrogens with zero attached hydrogens (tertiary/aromatic N) is 1. The van der Waals surface area contributed by atoms with E-state index < -0.39 is 48.5 Å². The Balaban J connectivity index is 2.44. The van der Waals surface area contributed by atoms with Crippen molar-refractivity contribution in [2.75, 3.05) is 6.61 Å². The van der Waals surface area contributed by atoms with E-state index in [1.807, 2.05) is 0 Å². The number of aromatic carboxylic acids is 1. The fraction of sp³-hybridized carbons (Fsp3) is 0.478. The van der Waals surface area contributed by atoms with E-state index in [1.165, 1.54) is 24.4 Å². The van der Waals surface area contributed by atoms with Crippen molar-refractivity contribution in [2.45, 2.75) is 66.3 Å². The van der Waals surface area contributed by atoms with Gasteiger partial charge in [0.2, 0.25) is 0 Å². The Bertz CT molecular complexity index is 1130. The minimum Gasteiger partial charge on any atom is -0.493 e. The molecule has 9 nitrogen and oxygen atoms in total. The van der Waals surface area contributed by atoms with Crippen molar-refractivity contribution >= 4 is 13.8 Å². The number of rotatable bonds is 9. The highest BCUT2D eigenvalue weighted by atomic mass is 31.2. The number of carboxylic acids is 1. The molecule has 1 aromatic heterocycles. The Hall–Kier alpha value is -2.52. The molecule has 0 spiro atoms. The van der Waals surface area contributed by atoms with Crippen LogP contribution in [0.4, 0.5) is 4.39 Å². The molecule has 0 aliphatic heterocycles. The van der Waals surface area contributed by atoms with Crippen molar-refractivity contribution in [1.29, 1.82) is 0 Å². The van der Waals surface area contributed by atoms with Gasteiger partial charge < -0.3 is 9.84 Å². The minimum absolute atomic E-state index is 0.0367. The quantitative estimate of drug-likeness (QED) is 0.461. The van der Waals surface area contributed by atoms with Crippen molar-refractivity contribution in [3.05, 3.63) is 57.8 Å². The van der Waals surface area contributed by atoms with Gasteiger partial charge in [-0.2, -0.15) is 0 Å². The van der Waals surface area contributed by atoms with Gasteiger partial charge in [-0.05, 0) is 72.7 Å². The second-order valence-corrected chi connectivity index (χ2v) is 10.9. The zero-order valence-electron chi connectivity index (χ0n) is 20.4. The maximum Gasteiger partial charge on any atom is 0.476 e. The van der Waals surface area contributed by atoms with Gasteiger partial charge in [-0.1, -0.05) is 0 Å². The average molecular weight is 499 g/mol. The fourth-order valence-electron chi connectivity index (χ4n) is 2.91. The Labute approximate surface area is 198 Å². The molecule has 0 atom stereocenters. The predicted molar refractivity (Wildman–Crippen MR) is 124 cm³/mol. The molecule has 0 amide bonds. The van der Waals surface area contributed by atoms with Crippen molar-refractivity contribution in [1.82, 2.24) is 4.57 Å². The molecule has 1 heterocycles. The number of ether oxygens (including phenoxy) is 1. The fourth-order valence-corrected chi connectivity index (χ4v) is 4.69. The molecule has 1 N–H and O–H groups in total. The summed E-state index contributed by atoms with van der Waals surface area (Å²) in [7, 11) is -4.11. The molecule has 2 aromatic rings. The molecule has 0 saturated heterocycles. The Kier molecular flexibility index (Phi) is 8.48. The molecular weight excluding hydrogens is 468 g/mol. The first kappa shape index (κ1) is 27.7. The van der Waals surface area contributed by atoms with Crippen LogP contribution in [0.25, 0.3) is 5.69 Å². The summed E-state index contributed by atoms with van der Waals surface area (Å²) in [6.45, 7) is 11.4. The minimum atomic E-state index is -4.11. The van der Waals surface area contributed by atoms with Crippen LogP contribution in [0.15, 0.2) is 35.3 Å². The van der Waals surface area contributed by atoms with E-state index in [1.54, 1.807) is 48.5 Å². The van der Waals surface area contributed by atoms with E-state index in [-0.39, 0.29) is 23.6 Å². The number of phosphoric ester groups is 1. The van der Waals surface area contributed by atoms with E-state index in [9.17, 15) is 23.7 Å². The van der Waals surface area contributed by atoms with Crippen LogP contribution in [0.2, 0.25) is 0 Å². The Morgan fingerprint density at radius 3 is 2.18 bits per heavy atom. The lowest BCUT2D eigenvalue weighted by atomic mass is 10.2. The predicted octanol–water partition coefficient (Wildman–Crippen LogP) is 5.33. The molecule has 0 saturated carbocycles. The summed E-state index contributed by atoms with van der Waals surface area (Å²) >= 11 is 0. The van der Waals surface area contributed by atoms with Gasteiger partial charge in [0, 0.05) is 17.4 Å². The number of halogens is 1. The van der Waals surface area contributed by atoms with Crippen LogP contribution in [0.1, 0.15) is 64.4 Å². The van der Waals surface area contributed by atoms with Gasteiger partial charge in [-0.25, -0.2) is 13.8 Å². The standard InChI is InChI=1S/C23H31FNO8P/c1-8-30-18-11-12-25(20(26)19(18)21(27)28)16-9-10-17(24)15(13-16)14-31-34(29,32-22(2,3)4)33-23(5,6)7/h9-13H,8,14H2,1-7H3,(H,27,28). The second kappa shape index (κ2) is 10.4. The smallest absolute Gasteiger partial charge is 0.476 e. The highest BCUT2D eigenvalue weighted by molar-refractivity contribution is 7.48. The number of carboxylic acid groups (broad SMARTS) is 1. The van der Waals surface area contributed by atoms with Gasteiger partial charge in [0.05, 0.1) is 24.4 Å². The van der Waals surface area contributed by atoms with Crippen molar-refractivity contribution < 1.29 is 37.2 Å². The number of phosphoric acid groups is 1. The van der Waals surface area contributed by atoms with Gasteiger partial charge in [-0.3, -0.25) is 22.9 Å². The lowest BCUT2D eigenvalue weighted by Crippen LogP contribution is -2.26. The lowest BCUT2D eigenvalue weighted by molar-refractivity contribution is 0.000584. The maximum absolute atomic E-state index is 14.6. The van der Waals surface area contributed by atoms with Crippen molar-refractivity contribution in [3.8, 4) is 11.4 Å². The third-order valence-electron chi connectivity index (χ3n) is 4.02. The number of carbonyl (C=O) groups is 1. The van der Waals surface area contributed by atoms with Gasteiger partial charge in [0.25, 0.3) is 5.56 Å². The summed E-state index contributed by atoms with van der Waals surface area (Å²) in [5, 5.41) is 9.47. The van der Waals surface area contributed by atoms with Crippen LogP contribution in [-0.4, -0.2) is 33.5 Å². The molecule has 0 radical (unpaired) electrons. The molecule has 188 valence electrons. The summed E-state index contributed by atoms with van der Waals surface area (Å²) < 4.78 is 50.6. The third-order valence-corrected chi connectivity index (χ3v) is 6.01. The molecule has 0 bridgehead atoms.